The fourth-order valence-electron chi connectivity index (χ4n) is 2.04. The minimum Gasteiger partial charge on any atom is -0.363 e. The van der Waals surface area contributed by atoms with E-state index in [1.807, 2.05) is 6.92 Å². The van der Waals surface area contributed by atoms with E-state index in [0.29, 0.717) is 21.8 Å². The molecule has 0 unspecified atom stereocenters. The Labute approximate surface area is 129 Å². The van der Waals surface area contributed by atoms with Crippen LogP contribution in [0.15, 0.2) is 30.6 Å². The fourth-order valence-corrected chi connectivity index (χ4v) is 2.55. The number of halogens is 3. The number of nitrogens with zero attached hydrogens (tertiary/aromatic N) is 4. The van der Waals surface area contributed by atoms with E-state index in [0.717, 1.165) is 5.56 Å². The standard InChI is InChI=1S/C13H10Cl2FN5/c1-7(9-3-2-8(16)4-10(9)14)19-12-5-11(15)20-13-17-6-18-21(12)13/h2-7,19H,1H3/t7-/m1/s1. The molecule has 0 amide bonds. The largest absolute Gasteiger partial charge is 0.363 e. The van der Waals surface area contributed by atoms with Crippen LogP contribution in [-0.2, 0) is 0 Å². The molecule has 0 fully saturated rings. The quantitative estimate of drug-likeness (QED) is 0.745. The molecule has 2 aromatic heterocycles. The molecular weight excluding hydrogens is 316 g/mol. The van der Waals surface area contributed by atoms with E-state index in [1.54, 1.807) is 12.1 Å². The van der Waals surface area contributed by atoms with Gasteiger partial charge >= 0.3 is 0 Å². The molecule has 0 saturated carbocycles. The Hall–Kier alpha value is -1.92. The normalized spacial score (nSPS) is 12.6. The van der Waals surface area contributed by atoms with Crippen molar-refractivity contribution in [2.24, 2.45) is 0 Å². The van der Waals surface area contributed by atoms with E-state index in [2.05, 4.69) is 20.4 Å². The van der Waals surface area contributed by atoms with E-state index in [4.69, 9.17) is 23.2 Å². The van der Waals surface area contributed by atoms with Gasteiger partial charge in [-0.15, -0.1) is 0 Å². The zero-order chi connectivity index (χ0) is 15.0. The summed E-state index contributed by atoms with van der Waals surface area (Å²) in [7, 11) is 0. The topological polar surface area (TPSA) is 55.1 Å². The molecule has 1 atom stereocenters. The number of rotatable bonds is 3. The maximum Gasteiger partial charge on any atom is 0.255 e. The summed E-state index contributed by atoms with van der Waals surface area (Å²) in [6.07, 6.45) is 1.39. The highest BCUT2D eigenvalue weighted by Gasteiger charge is 2.13. The molecule has 0 aliphatic carbocycles. The molecule has 1 aromatic carbocycles. The van der Waals surface area contributed by atoms with E-state index >= 15 is 0 Å². The molecule has 3 rings (SSSR count). The summed E-state index contributed by atoms with van der Waals surface area (Å²) in [4.78, 5) is 8.03. The van der Waals surface area contributed by atoms with Crippen LogP contribution in [0, 0.1) is 5.82 Å². The third kappa shape index (κ3) is 2.77. The first-order chi connectivity index (χ1) is 10.0. The number of anilines is 1. The molecule has 8 heteroatoms. The lowest BCUT2D eigenvalue weighted by Crippen LogP contribution is -2.11. The van der Waals surface area contributed by atoms with Crippen molar-refractivity contribution in [3.63, 3.8) is 0 Å². The number of aromatic nitrogens is 4. The summed E-state index contributed by atoms with van der Waals surface area (Å²) in [5.41, 5.74) is 0.763. The first-order valence-electron chi connectivity index (χ1n) is 6.12. The Morgan fingerprint density at radius 3 is 2.86 bits per heavy atom. The van der Waals surface area contributed by atoms with Crippen LogP contribution in [-0.4, -0.2) is 19.6 Å². The van der Waals surface area contributed by atoms with Crippen molar-refractivity contribution >= 4 is 34.8 Å². The van der Waals surface area contributed by atoms with Crippen molar-refractivity contribution in [3.05, 3.63) is 52.1 Å². The van der Waals surface area contributed by atoms with E-state index < -0.39 is 0 Å². The summed E-state index contributed by atoms with van der Waals surface area (Å²) in [5, 5.41) is 7.94. The second-order valence-electron chi connectivity index (χ2n) is 4.47. The number of nitrogens with one attached hydrogen (secondary N) is 1. The van der Waals surface area contributed by atoms with Gasteiger partial charge in [0.15, 0.2) is 0 Å². The van der Waals surface area contributed by atoms with Gasteiger partial charge in [-0.2, -0.15) is 19.6 Å². The molecule has 0 aliphatic rings. The summed E-state index contributed by atoms with van der Waals surface area (Å²) < 4.78 is 14.6. The van der Waals surface area contributed by atoms with E-state index in [9.17, 15) is 4.39 Å². The molecule has 0 aliphatic heterocycles. The van der Waals surface area contributed by atoms with Gasteiger partial charge in [-0.05, 0) is 24.6 Å². The molecule has 21 heavy (non-hydrogen) atoms. The minimum atomic E-state index is -0.374. The van der Waals surface area contributed by atoms with Crippen molar-refractivity contribution in [2.75, 3.05) is 5.32 Å². The molecular formula is C13H10Cl2FN5. The second kappa shape index (κ2) is 5.46. The monoisotopic (exact) mass is 325 g/mol. The van der Waals surface area contributed by atoms with Crippen LogP contribution in [0.5, 0.6) is 0 Å². The Morgan fingerprint density at radius 2 is 2.10 bits per heavy atom. The maximum absolute atomic E-state index is 13.1. The number of fused-ring (bicyclic) bond motifs is 1. The second-order valence-corrected chi connectivity index (χ2v) is 5.26. The average molecular weight is 326 g/mol. The highest BCUT2D eigenvalue weighted by atomic mass is 35.5. The fraction of sp³-hybridized carbons (Fsp3) is 0.154. The third-order valence-corrected chi connectivity index (χ3v) is 3.53. The van der Waals surface area contributed by atoms with Gasteiger partial charge in [0.2, 0.25) is 0 Å². The number of hydrogen-bond acceptors (Lipinski definition) is 4. The van der Waals surface area contributed by atoms with Crippen LogP contribution in [0.2, 0.25) is 10.2 Å². The smallest absolute Gasteiger partial charge is 0.255 e. The summed E-state index contributed by atoms with van der Waals surface area (Å²) in [6, 6.07) is 5.74. The van der Waals surface area contributed by atoms with Crippen LogP contribution in [0.25, 0.3) is 5.78 Å². The highest BCUT2D eigenvalue weighted by Crippen LogP contribution is 2.27. The lowest BCUT2D eigenvalue weighted by molar-refractivity contribution is 0.626. The first kappa shape index (κ1) is 14.0. The van der Waals surface area contributed by atoms with Crippen molar-refractivity contribution in [1.29, 1.82) is 0 Å². The first-order valence-corrected chi connectivity index (χ1v) is 6.88. The predicted molar refractivity (Wildman–Crippen MR) is 79.2 cm³/mol. The molecule has 108 valence electrons. The van der Waals surface area contributed by atoms with E-state index in [1.165, 1.54) is 23.0 Å². The summed E-state index contributed by atoms with van der Waals surface area (Å²) in [6.45, 7) is 1.90. The highest BCUT2D eigenvalue weighted by molar-refractivity contribution is 6.31. The van der Waals surface area contributed by atoms with Gasteiger partial charge in [-0.25, -0.2) is 4.39 Å². The Morgan fingerprint density at radius 1 is 1.29 bits per heavy atom. The van der Waals surface area contributed by atoms with Gasteiger partial charge < -0.3 is 5.32 Å². The lowest BCUT2D eigenvalue weighted by Gasteiger charge is -2.17. The zero-order valence-corrected chi connectivity index (χ0v) is 12.4. The molecule has 0 radical (unpaired) electrons. The van der Waals surface area contributed by atoms with E-state index in [-0.39, 0.29) is 11.9 Å². The minimum absolute atomic E-state index is 0.177. The Kier molecular flexibility index (Phi) is 3.65. The van der Waals surface area contributed by atoms with Crippen LogP contribution in [0.4, 0.5) is 10.2 Å². The zero-order valence-electron chi connectivity index (χ0n) is 10.9. The molecule has 0 spiro atoms. The van der Waals surface area contributed by atoms with Crippen molar-refractivity contribution in [2.45, 2.75) is 13.0 Å². The summed E-state index contributed by atoms with van der Waals surface area (Å²) >= 11 is 12.0. The maximum atomic E-state index is 13.1. The van der Waals surface area contributed by atoms with Crippen LogP contribution in [0.3, 0.4) is 0 Å². The van der Waals surface area contributed by atoms with Gasteiger partial charge in [-0.1, -0.05) is 29.3 Å². The Balaban J connectivity index is 1.96. The van der Waals surface area contributed by atoms with Crippen molar-refractivity contribution in [3.8, 4) is 0 Å². The number of hydrogen-bond donors (Lipinski definition) is 1. The number of benzene rings is 1. The SMILES string of the molecule is C[C@@H](Nc1cc(Cl)nc2ncnn12)c1ccc(F)cc1Cl. The molecule has 1 N–H and O–H groups in total. The Bertz CT molecular complexity index is 804. The predicted octanol–water partition coefficient (Wildman–Crippen LogP) is 3.74. The molecule has 5 nitrogen and oxygen atoms in total. The van der Waals surface area contributed by atoms with Gasteiger partial charge in [-0.3, -0.25) is 0 Å². The third-order valence-electron chi connectivity index (χ3n) is 3.01. The average Bonchev–Trinajstić information content (AvgIpc) is 2.86. The summed E-state index contributed by atoms with van der Waals surface area (Å²) in [5.74, 6) is 0.638. The van der Waals surface area contributed by atoms with Gasteiger partial charge in [0.25, 0.3) is 5.78 Å². The van der Waals surface area contributed by atoms with Crippen LogP contribution >= 0.6 is 23.2 Å². The van der Waals surface area contributed by atoms with Crippen molar-refractivity contribution in [1.82, 2.24) is 19.6 Å². The molecule has 0 bridgehead atoms. The van der Waals surface area contributed by atoms with Gasteiger partial charge in [0, 0.05) is 11.1 Å². The van der Waals surface area contributed by atoms with Gasteiger partial charge in [0.05, 0.1) is 6.04 Å². The molecule has 2 heterocycles. The van der Waals surface area contributed by atoms with Gasteiger partial charge in [0.1, 0.15) is 23.1 Å². The lowest BCUT2D eigenvalue weighted by atomic mass is 10.1. The van der Waals surface area contributed by atoms with Crippen molar-refractivity contribution < 1.29 is 4.39 Å². The molecule has 0 saturated heterocycles. The van der Waals surface area contributed by atoms with Crippen LogP contribution < -0.4 is 5.32 Å². The molecule has 3 aromatic rings. The van der Waals surface area contributed by atoms with Crippen LogP contribution in [0.1, 0.15) is 18.5 Å².